The van der Waals surface area contributed by atoms with Gasteiger partial charge in [-0.15, -0.1) is 0 Å². The summed E-state index contributed by atoms with van der Waals surface area (Å²) < 4.78 is 1.00. The lowest BCUT2D eigenvalue weighted by molar-refractivity contribution is 0.687. The Labute approximate surface area is 134 Å². The Hall–Kier alpha value is -1.62. The van der Waals surface area contributed by atoms with Crippen molar-refractivity contribution in [3.63, 3.8) is 0 Å². The van der Waals surface area contributed by atoms with Crippen LogP contribution in [0.2, 0.25) is 0 Å². The summed E-state index contributed by atoms with van der Waals surface area (Å²) in [4.78, 5) is 8.95. The molecule has 1 heterocycles. The first-order valence-electron chi connectivity index (χ1n) is 7.07. The van der Waals surface area contributed by atoms with Crippen molar-refractivity contribution < 1.29 is 0 Å². The summed E-state index contributed by atoms with van der Waals surface area (Å²) >= 11 is 3.56. The van der Waals surface area contributed by atoms with Crippen LogP contribution in [0.25, 0.3) is 0 Å². The van der Waals surface area contributed by atoms with E-state index in [0.717, 1.165) is 28.2 Å². The van der Waals surface area contributed by atoms with Gasteiger partial charge >= 0.3 is 0 Å². The molecular weight excluding hydrogens is 328 g/mol. The monoisotopic (exact) mass is 348 g/mol. The molecular formula is C16H21BrN4. The molecule has 0 atom stereocenters. The molecule has 0 bridgehead atoms. The molecule has 0 radical (unpaired) electrons. The van der Waals surface area contributed by atoms with Crippen molar-refractivity contribution in [2.75, 3.05) is 17.2 Å². The van der Waals surface area contributed by atoms with Gasteiger partial charge in [-0.1, -0.05) is 19.9 Å². The maximum atomic E-state index is 4.51. The highest BCUT2D eigenvalue weighted by molar-refractivity contribution is 9.10. The Morgan fingerprint density at radius 3 is 2.57 bits per heavy atom. The molecule has 0 saturated heterocycles. The molecule has 21 heavy (non-hydrogen) atoms. The van der Waals surface area contributed by atoms with Crippen molar-refractivity contribution in [2.24, 2.45) is 5.92 Å². The Morgan fingerprint density at radius 2 is 1.90 bits per heavy atom. The fraction of sp³-hybridized carbons (Fsp3) is 0.375. The predicted octanol–water partition coefficient (Wildman–Crippen LogP) is 4.67. The fourth-order valence-corrected chi connectivity index (χ4v) is 2.46. The molecule has 0 amide bonds. The minimum Gasteiger partial charge on any atom is -0.370 e. The largest absolute Gasteiger partial charge is 0.370 e. The number of hydrogen-bond acceptors (Lipinski definition) is 4. The van der Waals surface area contributed by atoms with Crippen molar-refractivity contribution in [3.8, 4) is 0 Å². The van der Waals surface area contributed by atoms with Gasteiger partial charge in [0.2, 0.25) is 5.95 Å². The number of halogens is 1. The van der Waals surface area contributed by atoms with Crippen molar-refractivity contribution >= 4 is 33.4 Å². The van der Waals surface area contributed by atoms with E-state index in [4.69, 9.17) is 0 Å². The SMILES string of the molecule is Cc1ccc(Nc2nc(C)cc(NCC(C)C)n2)c(Br)c1. The molecule has 112 valence electrons. The number of nitrogens with zero attached hydrogens (tertiary/aromatic N) is 2. The molecule has 0 fully saturated rings. The standard InChI is InChI=1S/C16H21BrN4/c1-10(2)9-18-15-8-12(4)19-16(21-15)20-14-6-5-11(3)7-13(14)17/h5-8,10H,9H2,1-4H3,(H2,18,19,20,21). The first-order chi connectivity index (χ1) is 9.94. The highest BCUT2D eigenvalue weighted by Crippen LogP contribution is 2.26. The number of hydrogen-bond donors (Lipinski definition) is 2. The van der Waals surface area contributed by atoms with Crippen LogP contribution in [0.15, 0.2) is 28.7 Å². The molecule has 2 aromatic rings. The summed E-state index contributed by atoms with van der Waals surface area (Å²) in [7, 11) is 0. The second kappa shape index (κ2) is 6.89. The number of rotatable bonds is 5. The average Bonchev–Trinajstić information content (AvgIpc) is 2.39. The van der Waals surface area contributed by atoms with E-state index in [1.165, 1.54) is 5.56 Å². The van der Waals surface area contributed by atoms with Gasteiger partial charge in [0.25, 0.3) is 0 Å². The molecule has 0 saturated carbocycles. The maximum Gasteiger partial charge on any atom is 0.229 e. The van der Waals surface area contributed by atoms with E-state index in [2.05, 4.69) is 69.4 Å². The third kappa shape index (κ3) is 4.70. The first-order valence-corrected chi connectivity index (χ1v) is 7.86. The van der Waals surface area contributed by atoms with E-state index in [0.29, 0.717) is 11.9 Å². The zero-order valence-electron chi connectivity index (χ0n) is 12.9. The van der Waals surface area contributed by atoms with E-state index < -0.39 is 0 Å². The van der Waals surface area contributed by atoms with Crippen LogP contribution in [0.3, 0.4) is 0 Å². The highest BCUT2D eigenvalue weighted by Gasteiger charge is 2.06. The van der Waals surface area contributed by atoms with E-state index in [-0.39, 0.29) is 0 Å². The van der Waals surface area contributed by atoms with Gasteiger partial charge < -0.3 is 10.6 Å². The minimum absolute atomic E-state index is 0.572. The third-order valence-corrected chi connectivity index (χ3v) is 3.57. The van der Waals surface area contributed by atoms with Crippen LogP contribution in [0.5, 0.6) is 0 Å². The van der Waals surface area contributed by atoms with Crippen molar-refractivity contribution in [2.45, 2.75) is 27.7 Å². The van der Waals surface area contributed by atoms with Crippen LogP contribution < -0.4 is 10.6 Å². The second-order valence-electron chi connectivity index (χ2n) is 5.60. The van der Waals surface area contributed by atoms with Crippen LogP contribution in [0, 0.1) is 19.8 Å². The van der Waals surface area contributed by atoms with Gasteiger partial charge in [-0.2, -0.15) is 4.98 Å². The summed E-state index contributed by atoms with van der Waals surface area (Å²) in [6, 6.07) is 8.10. The Kier molecular flexibility index (Phi) is 5.17. The third-order valence-electron chi connectivity index (χ3n) is 2.92. The number of nitrogens with one attached hydrogen (secondary N) is 2. The molecule has 2 N–H and O–H groups in total. The van der Waals surface area contributed by atoms with Gasteiger partial charge in [0, 0.05) is 22.8 Å². The van der Waals surface area contributed by atoms with Gasteiger partial charge in [-0.3, -0.25) is 0 Å². The normalized spacial score (nSPS) is 10.8. The minimum atomic E-state index is 0.572. The van der Waals surface area contributed by atoms with Crippen LogP contribution in [-0.4, -0.2) is 16.5 Å². The lowest BCUT2D eigenvalue weighted by Gasteiger charge is -2.12. The van der Waals surface area contributed by atoms with E-state index in [9.17, 15) is 0 Å². The molecule has 0 unspecified atom stereocenters. The molecule has 0 aliphatic heterocycles. The Balaban J connectivity index is 2.19. The number of aryl methyl sites for hydroxylation is 2. The fourth-order valence-electron chi connectivity index (χ4n) is 1.87. The lowest BCUT2D eigenvalue weighted by Crippen LogP contribution is -2.11. The van der Waals surface area contributed by atoms with E-state index in [1.54, 1.807) is 0 Å². The van der Waals surface area contributed by atoms with Crippen LogP contribution in [0.4, 0.5) is 17.5 Å². The zero-order chi connectivity index (χ0) is 15.4. The summed E-state index contributed by atoms with van der Waals surface area (Å²) in [6.07, 6.45) is 0. The summed E-state index contributed by atoms with van der Waals surface area (Å²) in [5, 5.41) is 6.59. The summed E-state index contributed by atoms with van der Waals surface area (Å²) in [5.74, 6) is 2.02. The molecule has 1 aromatic carbocycles. The highest BCUT2D eigenvalue weighted by atomic mass is 79.9. The van der Waals surface area contributed by atoms with Gasteiger partial charge in [0.1, 0.15) is 5.82 Å². The average molecular weight is 349 g/mol. The molecule has 5 heteroatoms. The number of aromatic nitrogens is 2. The van der Waals surface area contributed by atoms with E-state index in [1.807, 2.05) is 19.1 Å². The van der Waals surface area contributed by atoms with Crippen molar-refractivity contribution in [3.05, 3.63) is 40.0 Å². The number of anilines is 3. The van der Waals surface area contributed by atoms with Crippen LogP contribution in [0.1, 0.15) is 25.1 Å². The quantitative estimate of drug-likeness (QED) is 0.824. The molecule has 0 aliphatic rings. The summed E-state index contributed by atoms with van der Waals surface area (Å²) in [6.45, 7) is 9.26. The lowest BCUT2D eigenvalue weighted by atomic mass is 10.2. The van der Waals surface area contributed by atoms with Gasteiger partial charge in [0.15, 0.2) is 0 Å². The van der Waals surface area contributed by atoms with Crippen molar-refractivity contribution in [1.82, 2.24) is 9.97 Å². The predicted molar refractivity (Wildman–Crippen MR) is 92.3 cm³/mol. The summed E-state index contributed by atoms with van der Waals surface area (Å²) in [5.41, 5.74) is 3.10. The van der Waals surface area contributed by atoms with Crippen LogP contribution >= 0.6 is 15.9 Å². The topological polar surface area (TPSA) is 49.8 Å². The van der Waals surface area contributed by atoms with Crippen LogP contribution in [-0.2, 0) is 0 Å². The molecule has 2 rings (SSSR count). The molecule has 0 spiro atoms. The first kappa shape index (κ1) is 15.8. The Bertz CT molecular complexity index is 626. The second-order valence-corrected chi connectivity index (χ2v) is 6.46. The number of benzene rings is 1. The zero-order valence-corrected chi connectivity index (χ0v) is 14.5. The van der Waals surface area contributed by atoms with Gasteiger partial charge in [0.05, 0.1) is 5.69 Å². The molecule has 4 nitrogen and oxygen atoms in total. The van der Waals surface area contributed by atoms with Gasteiger partial charge in [-0.25, -0.2) is 4.98 Å². The Morgan fingerprint density at radius 1 is 1.14 bits per heavy atom. The molecule has 1 aromatic heterocycles. The smallest absolute Gasteiger partial charge is 0.229 e. The molecule has 0 aliphatic carbocycles. The maximum absolute atomic E-state index is 4.51. The van der Waals surface area contributed by atoms with E-state index >= 15 is 0 Å². The van der Waals surface area contributed by atoms with Gasteiger partial charge in [-0.05, 0) is 53.4 Å². The van der Waals surface area contributed by atoms with Crippen molar-refractivity contribution in [1.29, 1.82) is 0 Å².